The minimum atomic E-state index is -0.526. The Balaban J connectivity index is 1.98. The Morgan fingerprint density at radius 1 is 1.30 bits per heavy atom. The van der Waals surface area contributed by atoms with E-state index in [9.17, 15) is 4.79 Å². The van der Waals surface area contributed by atoms with Gasteiger partial charge >= 0.3 is 6.09 Å². The number of fused-ring (bicyclic) bond motifs is 1. The standard InChI is InChI=1S/C17H23N3O3/c1-11(19-16(21)23-17(2,3)4)10-22-13-7-5-6-12-8-9-14(18)20-15(12)13/h5-9,11H,10H2,1-4H3,(H2,18,20)(H,19,21). The molecule has 0 aliphatic carbocycles. The van der Waals surface area contributed by atoms with E-state index in [-0.39, 0.29) is 6.04 Å². The summed E-state index contributed by atoms with van der Waals surface area (Å²) in [5, 5.41) is 3.68. The van der Waals surface area contributed by atoms with Crippen LogP contribution in [0.4, 0.5) is 10.6 Å². The molecule has 0 fully saturated rings. The first-order valence-electron chi connectivity index (χ1n) is 7.52. The fourth-order valence-electron chi connectivity index (χ4n) is 2.02. The van der Waals surface area contributed by atoms with Crippen molar-refractivity contribution in [3.05, 3.63) is 30.3 Å². The summed E-state index contributed by atoms with van der Waals surface area (Å²) in [7, 11) is 0. The van der Waals surface area contributed by atoms with E-state index in [0.29, 0.717) is 23.7 Å². The summed E-state index contributed by atoms with van der Waals surface area (Å²) in [5.41, 5.74) is 5.91. The van der Waals surface area contributed by atoms with Gasteiger partial charge in [0.2, 0.25) is 0 Å². The Morgan fingerprint density at radius 2 is 2.04 bits per heavy atom. The number of anilines is 1. The Labute approximate surface area is 136 Å². The van der Waals surface area contributed by atoms with Gasteiger partial charge in [-0.2, -0.15) is 0 Å². The van der Waals surface area contributed by atoms with Crippen molar-refractivity contribution < 1.29 is 14.3 Å². The molecule has 1 amide bonds. The van der Waals surface area contributed by atoms with Crippen molar-refractivity contribution in [3.63, 3.8) is 0 Å². The number of hydrogen-bond acceptors (Lipinski definition) is 5. The van der Waals surface area contributed by atoms with Crippen molar-refractivity contribution in [2.45, 2.75) is 39.3 Å². The lowest BCUT2D eigenvalue weighted by Gasteiger charge is -2.22. The number of benzene rings is 1. The number of rotatable bonds is 4. The van der Waals surface area contributed by atoms with Gasteiger partial charge < -0.3 is 20.5 Å². The summed E-state index contributed by atoms with van der Waals surface area (Å²) >= 11 is 0. The van der Waals surface area contributed by atoms with Crippen LogP contribution >= 0.6 is 0 Å². The Hall–Kier alpha value is -2.50. The highest BCUT2D eigenvalue weighted by Crippen LogP contribution is 2.24. The van der Waals surface area contributed by atoms with Gasteiger partial charge in [-0.05, 0) is 45.9 Å². The minimum absolute atomic E-state index is 0.207. The highest BCUT2D eigenvalue weighted by Gasteiger charge is 2.18. The maximum Gasteiger partial charge on any atom is 0.407 e. The number of carbonyl (C=O) groups excluding carboxylic acids is 1. The number of nitrogen functional groups attached to an aromatic ring is 1. The van der Waals surface area contributed by atoms with Crippen LogP contribution in [0.1, 0.15) is 27.7 Å². The zero-order valence-corrected chi connectivity index (χ0v) is 13.9. The Bertz CT molecular complexity index is 695. The SMILES string of the molecule is CC(COc1cccc2ccc(N)nc12)NC(=O)OC(C)(C)C. The molecule has 3 N–H and O–H groups in total. The van der Waals surface area contributed by atoms with Gasteiger partial charge in [-0.15, -0.1) is 0 Å². The number of para-hydroxylation sites is 1. The van der Waals surface area contributed by atoms with E-state index in [4.69, 9.17) is 15.2 Å². The van der Waals surface area contributed by atoms with Crippen molar-refractivity contribution in [2.24, 2.45) is 0 Å². The molecule has 2 rings (SSSR count). The molecule has 0 aliphatic rings. The molecule has 23 heavy (non-hydrogen) atoms. The van der Waals surface area contributed by atoms with Gasteiger partial charge in [0.15, 0.2) is 0 Å². The van der Waals surface area contributed by atoms with Crippen molar-refractivity contribution in [1.82, 2.24) is 10.3 Å². The van der Waals surface area contributed by atoms with Crippen LogP contribution < -0.4 is 15.8 Å². The predicted molar refractivity (Wildman–Crippen MR) is 90.5 cm³/mol. The Kier molecular flexibility index (Phi) is 4.93. The zero-order chi connectivity index (χ0) is 17.0. The highest BCUT2D eigenvalue weighted by atomic mass is 16.6. The molecule has 1 aromatic heterocycles. The molecular formula is C17H23N3O3. The second-order valence-corrected chi connectivity index (χ2v) is 6.42. The second kappa shape index (κ2) is 6.73. The van der Waals surface area contributed by atoms with Gasteiger partial charge in [-0.25, -0.2) is 9.78 Å². The molecule has 0 saturated carbocycles. The molecule has 0 spiro atoms. The van der Waals surface area contributed by atoms with E-state index in [1.807, 2.05) is 52.0 Å². The summed E-state index contributed by atoms with van der Waals surface area (Å²) in [6.07, 6.45) is -0.464. The zero-order valence-electron chi connectivity index (χ0n) is 13.9. The molecular weight excluding hydrogens is 294 g/mol. The summed E-state index contributed by atoms with van der Waals surface area (Å²) in [6, 6.07) is 9.10. The molecule has 1 unspecified atom stereocenters. The molecule has 124 valence electrons. The average molecular weight is 317 g/mol. The quantitative estimate of drug-likeness (QED) is 0.905. The normalized spacial score (nSPS) is 12.7. The van der Waals surface area contributed by atoms with Crippen LogP contribution in [-0.2, 0) is 4.74 Å². The smallest absolute Gasteiger partial charge is 0.407 e. The molecule has 2 aromatic rings. The number of amides is 1. The monoisotopic (exact) mass is 317 g/mol. The highest BCUT2D eigenvalue weighted by molar-refractivity contribution is 5.85. The molecule has 6 heteroatoms. The number of nitrogens with one attached hydrogen (secondary N) is 1. The van der Waals surface area contributed by atoms with Gasteiger partial charge in [0.05, 0.1) is 6.04 Å². The van der Waals surface area contributed by atoms with E-state index in [1.165, 1.54) is 0 Å². The number of carbonyl (C=O) groups is 1. The summed E-state index contributed by atoms with van der Waals surface area (Å²) in [6.45, 7) is 7.60. The molecule has 1 heterocycles. The van der Waals surface area contributed by atoms with Crippen LogP contribution in [0.3, 0.4) is 0 Å². The summed E-state index contributed by atoms with van der Waals surface area (Å²) in [5.74, 6) is 1.07. The van der Waals surface area contributed by atoms with E-state index in [0.717, 1.165) is 5.39 Å². The van der Waals surface area contributed by atoms with Crippen LogP contribution in [0, 0.1) is 0 Å². The van der Waals surface area contributed by atoms with Gasteiger partial charge in [0.25, 0.3) is 0 Å². The lowest BCUT2D eigenvalue weighted by Crippen LogP contribution is -2.40. The van der Waals surface area contributed by atoms with Crippen LogP contribution in [0.5, 0.6) is 5.75 Å². The lowest BCUT2D eigenvalue weighted by atomic mass is 10.2. The predicted octanol–water partition coefficient (Wildman–Crippen LogP) is 3.11. The number of aromatic nitrogens is 1. The first kappa shape index (κ1) is 16.9. The van der Waals surface area contributed by atoms with E-state index in [1.54, 1.807) is 6.07 Å². The van der Waals surface area contributed by atoms with Crippen molar-refractivity contribution in [1.29, 1.82) is 0 Å². The second-order valence-electron chi connectivity index (χ2n) is 6.42. The summed E-state index contributed by atoms with van der Waals surface area (Å²) in [4.78, 5) is 16.0. The van der Waals surface area contributed by atoms with Crippen molar-refractivity contribution in [2.75, 3.05) is 12.3 Å². The fourth-order valence-corrected chi connectivity index (χ4v) is 2.02. The average Bonchev–Trinajstić information content (AvgIpc) is 2.42. The lowest BCUT2D eigenvalue weighted by molar-refractivity contribution is 0.0494. The van der Waals surface area contributed by atoms with Gasteiger partial charge in [-0.1, -0.05) is 12.1 Å². The van der Waals surface area contributed by atoms with Crippen LogP contribution in [0.15, 0.2) is 30.3 Å². The van der Waals surface area contributed by atoms with Gasteiger partial charge in [0.1, 0.15) is 29.3 Å². The number of nitrogens with zero attached hydrogens (tertiary/aromatic N) is 1. The fraction of sp³-hybridized carbons (Fsp3) is 0.412. The number of nitrogens with two attached hydrogens (primary N) is 1. The molecule has 0 aliphatic heterocycles. The third kappa shape index (κ3) is 5.02. The Morgan fingerprint density at radius 3 is 2.74 bits per heavy atom. The topological polar surface area (TPSA) is 86.5 Å². The molecule has 6 nitrogen and oxygen atoms in total. The van der Waals surface area contributed by atoms with Gasteiger partial charge in [-0.3, -0.25) is 0 Å². The number of pyridine rings is 1. The molecule has 0 saturated heterocycles. The first-order valence-corrected chi connectivity index (χ1v) is 7.52. The van der Waals surface area contributed by atoms with E-state index < -0.39 is 11.7 Å². The van der Waals surface area contributed by atoms with Gasteiger partial charge in [0, 0.05) is 5.39 Å². The molecule has 0 bridgehead atoms. The molecule has 1 atom stereocenters. The van der Waals surface area contributed by atoms with Crippen molar-refractivity contribution in [3.8, 4) is 5.75 Å². The summed E-state index contributed by atoms with van der Waals surface area (Å²) < 4.78 is 11.0. The van der Waals surface area contributed by atoms with E-state index >= 15 is 0 Å². The largest absolute Gasteiger partial charge is 0.489 e. The number of ether oxygens (including phenoxy) is 2. The van der Waals surface area contributed by atoms with Crippen molar-refractivity contribution >= 4 is 22.8 Å². The maximum absolute atomic E-state index is 11.7. The van der Waals surface area contributed by atoms with Crippen LogP contribution in [0.25, 0.3) is 10.9 Å². The molecule has 0 radical (unpaired) electrons. The van der Waals surface area contributed by atoms with E-state index in [2.05, 4.69) is 10.3 Å². The maximum atomic E-state index is 11.7. The number of hydrogen-bond donors (Lipinski definition) is 2. The first-order chi connectivity index (χ1) is 10.7. The third-order valence-electron chi connectivity index (χ3n) is 2.96. The molecule has 1 aromatic carbocycles. The minimum Gasteiger partial charge on any atom is -0.489 e. The van der Waals surface area contributed by atoms with Crippen LogP contribution in [0.2, 0.25) is 0 Å². The third-order valence-corrected chi connectivity index (χ3v) is 2.96. The van der Waals surface area contributed by atoms with Crippen LogP contribution in [-0.4, -0.2) is 29.3 Å². The number of alkyl carbamates (subject to hydrolysis) is 1.